The van der Waals surface area contributed by atoms with Crippen molar-refractivity contribution in [2.45, 2.75) is 12.3 Å². The lowest BCUT2D eigenvalue weighted by Gasteiger charge is -2.17. The second kappa shape index (κ2) is 4.78. The van der Waals surface area contributed by atoms with Crippen LogP contribution in [-0.2, 0) is 0 Å². The number of nitrogen functional groups attached to an aromatic ring is 1. The minimum absolute atomic E-state index is 0.0609. The monoisotopic (exact) mass is 257 g/mol. The molecule has 0 aliphatic heterocycles. The van der Waals surface area contributed by atoms with E-state index in [1.54, 1.807) is 0 Å². The molecule has 0 spiro atoms. The lowest BCUT2D eigenvalue weighted by molar-refractivity contribution is -0.148. The number of hydrogen-bond donors (Lipinski definition) is 1. The van der Waals surface area contributed by atoms with Crippen LogP contribution in [0.1, 0.15) is 0 Å². The Morgan fingerprint density at radius 3 is 2.56 bits per heavy atom. The zero-order valence-electron chi connectivity index (χ0n) is 7.89. The van der Waals surface area contributed by atoms with Gasteiger partial charge in [-0.3, -0.25) is 0 Å². The quantitative estimate of drug-likeness (QED) is 0.664. The summed E-state index contributed by atoms with van der Waals surface area (Å²) < 4.78 is 53.2. The molecule has 0 bridgehead atoms. The molecule has 0 unspecified atom stereocenters. The number of alkyl halides is 4. The average Bonchev–Trinajstić information content (AvgIpc) is 2.20. The van der Waals surface area contributed by atoms with Gasteiger partial charge in [-0.1, -0.05) is 17.7 Å². The van der Waals surface area contributed by atoms with Gasteiger partial charge < -0.3 is 10.5 Å². The number of benzene rings is 1. The molecule has 2 nitrogen and oxygen atoms in total. The van der Waals surface area contributed by atoms with E-state index in [1.807, 2.05) is 0 Å². The van der Waals surface area contributed by atoms with Crippen molar-refractivity contribution in [3.8, 4) is 5.75 Å². The summed E-state index contributed by atoms with van der Waals surface area (Å²) in [5, 5.41) is 0.109. The molecule has 0 radical (unpaired) electrons. The van der Waals surface area contributed by atoms with Gasteiger partial charge >= 0.3 is 12.3 Å². The highest BCUT2D eigenvalue weighted by Gasteiger charge is 2.41. The van der Waals surface area contributed by atoms with Crippen molar-refractivity contribution < 1.29 is 22.3 Å². The fourth-order valence-corrected chi connectivity index (χ4v) is 1.05. The van der Waals surface area contributed by atoms with Crippen LogP contribution in [0.25, 0.3) is 0 Å². The van der Waals surface area contributed by atoms with Crippen molar-refractivity contribution in [1.29, 1.82) is 0 Å². The average molecular weight is 258 g/mol. The van der Waals surface area contributed by atoms with Crippen molar-refractivity contribution >= 4 is 17.3 Å². The van der Waals surface area contributed by atoms with Crippen molar-refractivity contribution in [2.24, 2.45) is 0 Å². The van der Waals surface area contributed by atoms with Crippen LogP contribution < -0.4 is 10.5 Å². The van der Waals surface area contributed by atoms with E-state index in [2.05, 4.69) is 4.74 Å². The predicted octanol–water partition coefficient (Wildman–Crippen LogP) is 3.20. The van der Waals surface area contributed by atoms with E-state index in [-0.39, 0.29) is 16.5 Å². The fraction of sp³-hybridized carbons (Fsp3) is 0.333. The molecule has 1 aromatic carbocycles. The second-order valence-corrected chi connectivity index (χ2v) is 3.41. The van der Waals surface area contributed by atoms with Gasteiger partial charge in [0.2, 0.25) is 0 Å². The summed E-state index contributed by atoms with van der Waals surface area (Å²) in [5.74, 6) is -4.36. The summed E-state index contributed by atoms with van der Waals surface area (Å²) in [6.45, 7) is -1.45. The Kier molecular flexibility index (Phi) is 3.85. The predicted molar refractivity (Wildman–Crippen MR) is 52.3 cm³/mol. The number of rotatable bonds is 4. The molecule has 90 valence electrons. The first-order chi connectivity index (χ1) is 7.34. The van der Waals surface area contributed by atoms with E-state index >= 15 is 0 Å². The summed E-state index contributed by atoms with van der Waals surface area (Å²) in [7, 11) is 0. The number of halogens is 5. The third kappa shape index (κ3) is 2.91. The number of ether oxygens (including phenoxy) is 1. The maximum atomic E-state index is 12.5. The normalized spacial score (nSPS) is 11.9. The molecule has 0 fully saturated rings. The Morgan fingerprint density at radius 1 is 1.38 bits per heavy atom. The molecular weight excluding hydrogens is 250 g/mol. The molecule has 0 aliphatic carbocycles. The first-order valence-corrected chi connectivity index (χ1v) is 4.55. The van der Waals surface area contributed by atoms with E-state index in [9.17, 15) is 17.6 Å². The molecule has 0 atom stereocenters. The Hall–Kier alpha value is -1.17. The van der Waals surface area contributed by atoms with Crippen LogP contribution in [0.5, 0.6) is 5.75 Å². The fourth-order valence-electron chi connectivity index (χ4n) is 0.880. The maximum Gasteiger partial charge on any atom is 0.340 e. The van der Waals surface area contributed by atoms with Crippen molar-refractivity contribution in [3.63, 3.8) is 0 Å². The zero-order chi connectivity index (χ0) is 12.3. The van der Waals surface area contributed by atoms with Gasteiger partial charge in [0.1, 0.15) is 5.75 Å². The standard InChI is InChI=1S/C9H8ClF4NO/c10-5-2-1-3-6(7(5)15)16-4-9(13,14)8(11)12/h1-3,8H,4,15H2. The molecule has 1 rings (SSSR count). The van der Waals surface area contributed by atoms with Gasteiger partial charge in [0.05, 0.1) is 10.7 Å². The summed E-state index contributed by atoms with van der Waals surface area (Å²) in [6.07, 6.45) is -3.78. The van der Waals surface area contributed by atoms with Gasteiger partial charge in [0.25, 0.3) is 0 Å². The second-order valence-electron chi connectivity index (χ2n) is 3.00. The lowest BCUT2D eigenvalue weighted by atomic mass is 10.3. The van der Waals surface area contributed by atoms with E-state index in [1.165, 1.54) is 18.2 Å². The third-order valence-corrected chi connectivity index (χ3v) is 2.08. The van der Waals surface area contributed by atoms with Crippen LogP contribution in [0.3, 0.4) is 0 Å². The first-order valence-electron chi connectivity index (χ1n) is 4.17. The highest BCUT2D eigenvalue weighted by atomic mass is 35.5. The van der Waals surface area contributed by atoms with Crippen LogP contribution in [0.4, 0.5) is 23.2 Å². The summed E-state index contributed by atoms with van der Waals surface area (Å²) in [6, 6.07) is 4.10. The summed E-state index contributed by atoms with van der Waals surface area (Å²) >= 11 is 5.59. The van der Waals surface area contributed by atoms with Gasteiger partial charge in [0, 0.05) is 0 Å². The molecule has 0 amide bonds. The van der Waals surface area contributed by atoms with Crippen molar-refractivity contribution in [2.75, 3.05) is 12.3 Å². The van der Waals surface area contributed by atoms with E-state index in [4.69, 9.17) is 17.3 Å². The smallest absolute Gasteiger partial charge is 0.340 e. The number of anilines is 1. The molecule has 0 heterocycles. The molecular formula is C9H8ClF4NO. The maximum absolute atomic E-state index is 12.5. The van der Waals surface area contributed by atoms with E-state index in [0.717, 1.165) is 0 Å². The molecule has 16 heavy (non-hydrogen) atoms. The topological polar surface area (TPSA) is 35.2 Å². The zero-order valence-corrected chi connectivity index (χ0v) is 8.65. The van der Waals surface area contributed by atoms with E-state index in [0.29, 0.717) is 0 Å². The van der Waals surface area contributed by atoms with Crippen LogP contribution >= 0.6 is 11.6 Å². The number of para-hydroxylation sites is 1. The Labute approximate surface area is 93.9 Å². The van der Waals surface area contributed by atoms with Gasteiger partial charge in [-0.25, -0.2) is 8.78 Å². The summed E-state index contributed by atoms with van der Waals surface area (Å²) in [4.78, 5) is 0. The number of hydrogen-bond acceptors (Lipinski definition) is 2. The van der Waals surface area contributed by atoms with Crippen LogP contribution in [0.2, 0.25) is 5.02 Å². The Balaban J connectivity index is 2.72. The summed E-state index contributed by atoms with van der Waals surface area (Å²) in [5.41, 5.74) is 5.34. The molecule has 0 saturated heterocycles. The van der Waals surface area contributed by atoms with Gasteiger partial charge in [-0.05, 0) is 12.1 Å². The largest absolute Gasteiger partial charge is 0.485 e. The highest BCUT2D eigenvalue weighted by Crippen LogP contribution is 2.31. The minimum atomic E-state index is -4.21. The van der Waals surface area contributed by atoms with Gasteiger partial charge in [0.15, 0.2) is 6.61 Å². The molecule has 1 aromatic rings. The van der Waals surface area contributed by atoms with E-state index < -0.39 is 19.0 Å². The SMILES string of the molecule is Nc1c(Cl)cccc1OCC(F)(F)C(F)F. The first kappa shape index (κ1) is 12.9. The van der Waals surface area contributed by atoms with Gasteiger partial charge in [-0.15, -0.1) is 0 Å². The van der Waals surface area contributed by atoms with Crippen LogP contribution in [0.15, 0.2) is 18.2 Å². The van der Waals surface area contributed by atoms with Crippen LogP contribution in [0, 0.1) is 0 Å². The molecule has 0 aliphatic rings. The molecule has 7 heteroatoms. The van der Waals surface area contributed by atoms with Crippen molar-refractivity contribution in [1.82, 2.24) is 0 Å². The lowest BCUT2D eigenvalue weighted by Crippen LogP contribution is -2.33. The van der Waals surface area contributed by atoms with Crippen molar-refractivity contribution in [3.05, 3.63) is 23.2 Å². The minimum Gasteiger partial charge on any atom is -0.485 e. The Bertz CT molecular complexity index is 373. The molecule has 2 N–H and O–H groups in total. The van der Waals surface area contributed by atoms with Gasteiger partial charge in [-0.2, -0.15) is 8.78 Å². The third-order valence-electron chi connectivity index (χ3n) is 1.75. The number of nitrogens with two attached hydrogens (primary N) is 1. The molecule has 0 saturated carbocycles. The van der Waals surface area contributed by atoms with Crippen LogP contribution in [-0.4, -0.2) is 19.0 Å². The highest BCUT2D eigenvalue weighted by molar-refractivity contribution is 6.33. The molecule has 0 aromatic heterocycles. The Morgan fingerprint density at radius 2 is 2.00 bits per heavy atom.